The second-order valence-corrected chi connectivity index (χ2v) is 27.5. The summed E-state index contributed by atoms with van der Waals surface area (Å²) in [6.45, 7) is -5.79. The number of carboxylic acid groups (broad SMARTS) is 4. The number of nitrogens with zero attached hydrogens (tertiary/aromatic N) is 2. The zero-order chi connectivity index (χ0) is 87.4. The third-order valence-electron chi connectivity index (χ3n) is 18.2. The number of H-pyrrole nitrogens is 1. The molecule has 116 heavy (non-hydrogen) atoms. The molecule has 0 aliphatic carbocycles. The lowest BCUT2D eigenvalue weighted by molar-refractivity contribution is -0.142. The van der Waals surface area contributed by atoms with E-state index < -0.39 is 345 Å². The van der Waals surface area contributed by atoms with Crippen molar-refractivity contribution in [2.75, 3.05) is 56.3 Å². The average molecular weight is 1680 g/mol. The Morgan fingerprint density at radius 1 is 0.457 bits per heavy atom. The Morgan fingerprint density at radius 2 is 0.828 bits per heavy atom. The number of nitrogens with one attached hydrogen (secondary N) is 9. The summed E-state index contributed by atoms with van der Waals surface area (Å²) in [7, 11) is 0. The van der Waals surface area contributed by atoms with Gasteiger partial charge in [0.25, 0.3) is 11.5 Å². The third kappa shape index (κ3) is 34.5. The van der Waals surface area contributed by atoms with Gasteiger partial charge in [0.1, 0.15) is 78.6 Å². The smallest absolute Gasteiger partial charge is 0.327 e. The lowest BCUT2D eigenvalue weighted by atomic mass is 9.89. The predicted octanol–water partition coefficient (Wildman–Crippen LogP) is -10.6. The average Bonchev–Trinajstić information content (AvgIpc) is 0.810. The van der Waals surface area contributed by atoms with Gasteiger partial charge >= 0.3 is 23.9 Å². The Balaban J connectivity index is 2.05. The maximum Gasteiger partial charge on any atom is 0.327 e. The molecule has 0 saturated heterocycles. The van der Waals surface area contributed by atoms with Crippen molar-refractivity contribution in [1.82, 2.24) is 52.2 Å². The largest absolute Gasteiger partial charge is 0.481 e. The highest BCUT2D eigenvalue weighted by Gasteiger charge is 2.38. The number of anilines is 2. The van der Waals surface area contributed by atoms with Crippen LogP contribution >= 0.6 is 12.6 Å². The quantitative estimate of drug-likeness (QED) is 0.0233. The number of amides is 7. The number of aliphatic hydroxyl groups is 15. The molecule has 2 heterocycles. The van der Waals surface area contributed by atoms with Crippen LogP contribution in [-0.4, -0.2) is 337 Å². The van der Waals surface area contributed by atoms with Crippen LogP contribution in [0, 0.1) is 17.8 Å². The van der Waals surface area contributed by atoms with Crippen molar-refractivity contribution >= 4 is 118 Å². The molecule has 0 saturated carbocycles. The first kappa shape index (κ1) is 100. The van der Waals surface area contributed by atoms with Gasteiger partial charge in [-0.25, -0.2) is 14.6 Å². The fourth-order valence-corrected chi connectivity index (χ4v) is 11.4. The minimum Gasteiger partial charge on any atom is -0.481 e. The summed E-state index contributed by atoms with van der Waals surface area (Å²) in [6.07, 6.45) is -36.4. The normalized spacial score (nSPS) is 16.4. The number of aromatic amines is 1. The zero-order valence-electron chi connectivity index (χ0n) is 62.2. The SMILES string of the molecule is Nc1cc2ncc(CNc3ccc(C(=O)N[C@H](CCC(=O)C[C@@H](CCC(=O)NC[C@H](O)[C@@H](O)[C@H](O)[C@H](O)CO)C(=O)N[C@H](CCC(=O)O)C(=O)C[C@@H](CCC(=O)NC[C@H](O)[C@@H](O)[C@H](O)[C@H](O)CO)C(=O)N[C@H](CCC(=O)O)C(=O)C[C@@H](CCC(=O)NC[C@H](O)[C@@H](O)[C@H](O)[C@H](O)CO)C(=O)N[C@H](CS)C(=O)O)C(=O)O)cc3)nc2c(=O)[nH]1. The van der Waals surface area contributed by atoms with E-state index in [1.807, 2.05) is 0 Å². The van der Waals surface area contributed by atoms with Gasteiger partial charge in [0, 0.05) is 118 Å². The van der Waals surface area contributed by atoms with Gasteiger partial charge in [-0.3, -0.25) is 67.3 Å². The first-order valence-corrected chi connectivity index (χ1v) is 36.8. The molecule has 0 fully saturated rings. The molecule has 2 aromatic heterocycles. The first-order valence-electron chi connectivity index (χ1n) is 36.1. The Kier molecular flexibility index (Phi) is 43.6. The number of pyridine rings is 1. The van der Waals surface area contributed by atoms with Crippen LogP contribution < -0.4 is 53.8 Å². The number of nitrogen functional groups attached to an aromatic ring is 1. The number of nitrogens with two attached hydrogens (primary N) is 1. The Hall–Kier alpha value is -9.96. The summed E-state index contributed by atoms with van der Waals surface area (Å²) in [6, 6.07) is -0.710. The third-order valence-corrected chi connectivity index (χ3v) is 18.6. The minimum atomic E-state index is -2.22. The first-order chi connectivity index (χ1) is 54.5. The van der Waals surface area contributed by atoms with Crippen molar-refractivity contribution in [2.45, 2.75) is 200 Å². The number of carboxylic acids is 4. The molecule has 46 nitrogen and oxygen atoms in total. The lowest BCUT2D eigenvalue weighted by Gasteiger charge is -2.26. The Labute approximate surface area is 664 Å². The zero-order valence-corrected chi connectivity index (χ0v) is 63.1. The van der Waals surface area contributed by atoms with E-state index in [9.17, 15) is 164 Å². The second kappa shape index (κ2) is 50.5. The Bertz CT molecular complexity index is 3860. The summed E-state index contributed by atoms with van der Waals surface area (Å²) in [4.78, 5) is 212. The van der Waals surface area contributed by atoms with Gasteiger partial charge < -0.3 is 150 Å². The molecule has 0 bridgehead atoms. The van der Waals surface area contributed by atoms with Crippen LogP contribution in [0.25, 0.3) is 11.0 Å². The Morgan fingerprint density at radius 3 is 1.20 bits per heavy atom. The van der Waals surface area contributed by atoms with E-state index in [0.717, 1.165) is 0 Å². The number of aliphatic carboxylic acids is 4. The molecule has 0 aliphatic heterocycles. The second-order valence-electron chi connectivity index (χ2n) is 27.2. The van der Waals surface area contributed by atoms with E-state index in [1.54, 1.807) is 0 Å². The number of aliphatic hydroxyl groups excluding tert-OH is 15. The fourth-order valence-electron chi connectivity index (χ4n) is 11.1. The molecule has 0 spiro atoms. The van der Waals surface area contributed by atoms with Gasteiger partial charge in [-0.2, -0.15) is 12.6 Å². The van der Waals surface area contributed by atoms with Crippen LogP contribution in [0.4, 0.5) is 11.5 Å². The monoisotopic (exact) mass is 1670 g/mol. The molecule has 3 aromatic rings. The highest BCUT2D eigenvalue weighted by atomic mass is 32.1. The topological polar surface area (TPSA) is 804 Å². The van der Waals surface area contributed by atoms with E-state index in [2.05, 4.69) is 70.1 Å². The predicted molar refractivity (Wildman–Crippen MR) is 397 cm³/mol. The standard InChI is InChI=1S/C69H102N12O34S/c70-50-20-40-56(67(111)81-50)76-35(22-72-40)21-71-34-6-1-30(2-7-34)63(107)79-39(68(112)113)9-8-36(85)17-31(3-12-51(94)73-23-44(88)57(101)60(104)47(91)26-82)64(108)77-37(10-15-54(97)98)42(86)18-32(4-13-52(95)74-24-45(89)58(102)61(105)48(92)27-83)65(109)78-38(11-16-55(99)100)43(87)19-33(66(110)80-41(29-116)69(114)115)5-14-53(96)75-25-46(90)59(103)62(106)49(93)28-84/h1-2,6-7,20,22,31-33,37-39,41,44-49,57-62,71,82-84,88-93,101-106,116H,3-5,8-19,21,23-29H2,(H,73,94)(H,74,95)(H,75,96)(H,77,108)(H,78,109)(H,79,107)(H,80,110)(H,97,98)(H,99,100)(H,112,113)(H,114,115)(H3,70,81,111)/t31-,32-,33-,37-,38-,39-,41-,44+,45+,46+,47-,48-,49-,57-,58-,59-,60-,61-,62-/m1/s1. The summed E-state index contributed by atoms with van der Waals surface area (Å²) >= 11 is 3.90. The van der Waals surface area contributed by atoms with Crippen molar-refractivity contribution < 1.29 is 164 Å². The van der Waals surface area contributed by atoms with E-state index in [-0.39, 0.29) is 29.0 Å². The van der Waals surface area contributed by atoms with Gasteiger partial charge in [0.15, 0.2) is 17.1 Å². The molecule has 7 amide bonds. The summed E-state index contributed by atoms with van der Waals surface area (Å²) in [5.41, 5.74) is 6.02. The van der Waals surface area contributed by atoms with E-state index in [4.69, 9.17) is 10.8 Å². The van der Waals surface area contributed by atoms with Crippen LogP contribution in [0.15, 0.2) is 41.3 Å². The molecule has 19 atom stereocenters. The molecule has 47 heteroatoms. The number of thiol groups is 1. The number of carbonyl (C=O) groups excluding carboxylic acids is 10. The number of carbonyl (C=O) groups is 14. The van der Waals surface area contributed by atoms with Crippen molar-refractivity contribution in [3.05, 3.63) is 58.1 Å². The summed E-state index contributed by atoms with van der Waals surface area (Å²) in [5, 5.41) is 207. The molecular weight excluding hydrogens is 1570 g/mol. The maximum absolute atomic E-state index is 14.8. The fraction of sp³-hybridized carbons (Fsp3) is 0.609. The van der Waals surface area contributed by atoms with Crippen LogP contribution in [0.2, 0.25) is 0 Å². The molecule has 3 rings (SSSR count). The van der Waals surface area contributed by atoms with Gasteiger partial charge in [-0.15, -0.1) is 0 Å². The molecule has 30 N–H and O–H groups in total. The molecule has 0 aliphatic rings. The van der Waals surface area contributed by atoms with Gasteiger partial charge in [0.2, 0.25) is 35.4 Å². The van der Waals surface area contributed by atoms with E-state index >= 15 is 0 Å². The van der Waals surface area contributed by atoms with E-state index in [0.29, 0.717) is 11.4 Å². The van der Waals surface area contributed by atoms with Crippen LogP contribution in [0.1, 0.15) is 112 Å². The number of aromatic nitrogens is 3. The van der Waals surface area contributed by atoms with Crippen molar-refractivity contribution in [3.63, 3.8) is 0 Å². The van der Waals surface area contributed by atoms with Crippen LogP contribution in [0.5, 0.6) is 0 Å². The summed E-state index contributed by atoms with van der Waals surface area (Å²) in [5.74, 6) is -24.0. The molecular formula is C69H102N12O34S. The van der Waals surface area contributed by atoms with Gasteiger partial charge in [-0.05, 0) is 62.8 Å². The molecule has 0 unspecified atom stereocenters. The maximum atomic E-state index is 14.8. The highest BCUT2D eigenvalue weighted by Crippen LogP contribution is 2.23. The van der Waals surface area contributed by atoms with Crippen LogP contribution in [0.3, 0.4) is 0 Å². The number of rotatable bonds is 58. The number of fused-ring (bicyclic) bond motifs is 1. The summed E-state index contributed by atoms with van der Waals surface area (Å²) < 4.78 is 0. The highest BCUT2D eigenvalue weighted by molar-refractivity contribution is 7.80. The molecule has 0 radical (unpaired) electrons. The number of ketones is 3. The lowest BCUT2D eigenvalue weighted by Crippen LogP contribution is -2.50. The number of benzene rings is 1. The number of Topliss-reactive ketones (excluding diaryl/α,β-unsaturated/α-hetero) is 3. The van der Waals surface area contributed by atoms with Crippen molar-refractivity contribution in [2.24, 2.45) is 17.8 Å². The number of hydrogen-bond acceptors (Lipinski definition) is 35. The number of hydrogen-bond donors (Lipinski definition) is 30. The minimum absolute atomic E-state index is 0.0138. The molecule has 648 valence electrons. The molecule has 1 aromatic carbocycles. The van der Waals surface area contributed by atoms with E-state index in [1.165, 1.54) is 36.5 Å². The van der Waals surface area contributed by atoms with Gasteiger partial charge in [-0.1, -0.05) is 0 Å². The van der Waals surface area contributed by atoms with Crippen LogP contribution in [-0.2, 0) is 68.9 Å². The van der Waals surface area contributed by atoms with Gasteiger partial charge in [0.05, 0.1) is 74.2 Å². The van der Waals surface area contributed by atoms with Crippen molar-refractivity contribution in [3.8, 4) is 0 Å². The van der Waals surface area contributed by atoms with Crippen molar-refractivity contribution in [1.29, 1.82) is 0 Å².